The Labute approximate surface area is 138 Å². The molecule has 4 atom stereocenters. The van der Waals surface area contributed by atoms with Gasteiger partial charge in [-0.3, -0.25) is 4.79 Å². The maximum Gasteiger partial charge on any atom is 0.275 e. The number of rotatable bonds is 5. The van der Waals surface area contributed by atoms with Crippen LogP contribution < -0.4 is 10.6 Å². The molecule has 0 saturated heterocycles. The first-order valence-corrected chi connectivity index (χ1v) is 8.74. The van der Waals surface area contributed by atoms with Crippen molar-refractivity contribution in [2.75, 3.05) is 6.54 Å². The molecule has 1 aromatic carbocycles. The van der Waals surface area contributed by atoms with Crippen molar-refractivity contribution in [1.82, 2.24) is 5.32 Å². The van der Waals surface area contributed by atoms with Gasteiger partial charge in [0.25, 0.3) is 5.91 Å². The van der Waals surface area contributed by atoms with Gasteiger partial charge in [-0.1, -0.05) is 56.5 Å². The number of hydrogen-bond acceptors (Lipinski definition) is 1. The van der Waals surface area contributed by atoms with Crippen LogP contribution in [-0.2, 0) is 4.79 Å². The quantitative estimate of drug-likeness (QED) is 0.860. The van der Waals surface area contributed by atoms with Crippen molar-refractivity contribution < 1.29 is 10.1 Å². The topological polar surface area (TPSA) is 45.7 Å². The standard InChI is InChI=1S/C18H27ClN2O/c1-12-7-6-10-17(13(12)2)21-18(22)11-20-14(3)15-8-4-5-9-16(15)19/h4-5,8-9,12-14,17,20H,6-7,10-11H2,1-3H3,(H,21,22)/p+1/t12-,13+,14-,17+/m0/s1. The van der Waals surface area contributed by atoms with Crippen LogP contribution in [0.3, 0.4) is 0 Å². The zero-order valence-corrected chi connectivity index (χ0v) is 14.6. The zero-order chi connectivity index (χ0) is 16.1. The van der Waals surface area contributed by atoms with Crippen LogP contribution in [0.15, 0.2) is 24.3 Å². The highest BCUT2D eigenvalue weighted by Gasteiger charge is 2.28. The summed E-state index contributed by atoms with van der Waals surface area (Å²) in [5, 5.41) is 6.03. The van der Waals surface area contributed by atoms with E-state index in [-0.39, 0.29) is 11.9 Å². The van der Waals surface area contributed by atoms with Crippen molar-refractivity contribution in [2.24, 2.45) is 11.8 Å². The first kappa shape index (κ1) is 17.3. The minimum absolute atomic E-state index is 0.129. The van der Waals surface area contributed by atoms with Crippen molar-refractivity contribution in [3.05, 3.63) is 34.9 Å². The zero-order valence-electron chi connectivity index (χ0n) is 13.8. The molecule has 0 spiro atoms. The summed E-state index contributed by atoms with van der Waals surface area (Å²) in [5.41, 5.74) is 1.08. The molecule has 1 aliphatic carbocycles. The lowest BCUT2D eigenvalue weighted by molar-refractivity contribution is -0.682. The summed E-state index contributed by atoms with van der Waals surface area (Å²) >= 11 is 6.20. The molecule has 0 aromatic heterocycles. The van der Waals surface area contributed by atoms with Crippen molar-refractivity contribution in [1.29, 1.82) is 0 Å². The van der Waals surface area contributed by atoms with Gasteiger partial charge in [0.2, 0.25) is 0 Å². The Morgan fingerprint density at radius 3 is 2.82 bits per heavy atom. The number of benzene rings is 1. The molecule has 1 aromatic rings. The fraction of sp³-hybridized carbons (Fsp3) is 0.611. The fourth-order valence-electron chi connectivity index (χ4n) is 3.31. The van der Waals surface area contributed by atoms with Crippen LogP contribution in [0.25, 0.3) is 0 Å². The number of carbonyl (C=O) groups is 1. The Morgan fingerprint density at radius 1 is 1.36 bits per heavy atom. The van der Waals surface area contributed by atoms with Crippen LogP contribution in [-0.4, -0.2) is 18.5 Å². The van der Waals surface area contributed by atoms with Crippen LogP contribution >= 0.6 is 11.6 Å². The number of nitrogens with one attached hydrogen (secondary N) is 1. The monoisotopic (exact) mass is 323 g/mol. The smallest absolute Gasteiger partial charge is 0.275 e. The van der Waals surface area contributed by atoms with E-state index in [1.807, 2.05) is 29.6 Å². The van der Waals surface area contributed by atoms with Crippen LogP contribution in [0.2, 0.25) is 5.02 Å². The summed E-state index contributed by atoms with van der Waals surface area (Å²) in [6, 6.07) is 8.34. The molecule has 1 aliphatic rings. The van der Waals surface area contributed by atoms with E-state index in [9.17, 15) is 4.79 Å². The van der Waals surface area contributed by atoms with Crippen LogP contribution in [0.4, 0.5) is 0 Å². The third-order valence-corrected chi connectivity index (χ3v) is 5.45. The summed E-state index contributed by atoms with van der Waals surface area (Å²) in [7, 11) is 0. The largest absolute Gasteiger partial charge is 0.348 e. The van der Waals surface area contributed by atoms with Crippen LogP contribution in [0.1, 0.15) is 51.6 Å². The van der Waals surface area contributed by atoms with E-state index in [0.29, 0.717) is 24.4 Å². The molecule has 1 saturated carbocycles. The number of nitrogens with two attached hydrogens (primary N) is 1. The molecule has 3 N–H and O–H groups in total. The van der Waals surface area contributed by atoms with Crippen LogP contribution in [0.5, 0.6) is 0 Å². The number of amides is 1. The van der Waals surface area contributed by atoms with Gasteiger partial charge in [-0.15, -0.1) is 0 Å². The maximum atomic E-state index is 12.2. The number of carbonyl (C=O) groups excluding carboxylic acids is 1. The second-order valence-corrected chi connectivity index (χ2v) is 7.10. The summed E-state index contributed by atoms with van der Waals surface area (Å²) in [6.07, 6.45) is 3.61. The van der Waals surface area contributed by atoms with Gasteiger partial charge in [0.1, 0.15) is 6.04 Å². The summed E-state index contributed by atoms with van der Waals surface area (Å²) in [4.78, 5) is 12.2. The Balaban J connectivity index is 1.81. The van der Waals surface area contributed by atoms with E-state index < -0.39 is 0 Å². The highest BCUT2D eigenvalue weighted by atomic mass is 35.5. The molecule has 0 unspecified atom stereocenters. The van der Waals surface area contributed by atoms with Gasteiger partial charge in [0.05, 0.1) is 0 Å². The van der Waals surface area contributed by atoms with Crippen molar-refractivity contribution in [3.8, 4) is 0 Å². The van der Waals surface area contributed by atoms with E-state index in [0.717, 1.165) is 17.0 Å². The summed E-state index contributed by atoms with van der Waals surface area (Å²) < 4.78 is 0. The number of halogens is 1. The summed E-state index contributed by atoms with van der Waals surface area (Å²) in [5.74, 6) is 1.40. The average molecular weight is 324 g/mol. The highest BCUT2D eigenvalue weighted by Crippen LogP contribution is 2.29. The number of quaternary nitrogens is 1. The summed E-state index contributed by atoms with van der Waals surface area (Å²) in [6.45, 7) is 7.07. The van der Waals surface area contributed by atoms with Crippen molar-refractivity contribution >= 4 is 17.5 Å². The SMILES string of the molecule is C[C@@H]1[C@@H](C)CCC[C@H]1NC(=O)C[NH2+][C@@H](C)c1ccccc1Cl. The van der Waals surface area contributed by atoms with Crippen LogP contribution in [0, 0.1) is 11.8 Å². The first-order chi connectivity index (χ1) is 10.5. The average Bonchev–Trinajstić information content (AvgIpc) is 2.50. The minimum atomic E-state index is 0.129. The van der Waals surface area contributed by atoms with Gasteiger partial charge in [-0.25, -0.2) is 0 Å². The highest BCUT2D eigenvalue weighted by molar-refractivity contribution is 6.31. The Bertz CT molecular complexity index is 506. The second-order valence-electron chi connectivity index (χ2n) is 6.69. The molecule has 4 heteroatoms. The molecule has 0 bridgehead atoms. The third kappa shape index (κ3) is 4.47. The van der Waals surface area contributed by atoms with Crippen molar-refractivity contribution in [2.45, 2.75) is 52.1 Å². The Hall–Kier alpha value is -1.06. The third-order valence-electron chi connectivity index (χ3n) is 5.11. The molecule has 0 aliphatic heterocycles. The Morgan fingerprint density at radius 2 is 2.09 bits per heavy atom. The molecule has 3 nitrogen and oxygen atoms in total. The van der Waals surface area contributed by atoms with E-state index in [1.54, 1.807) is 0 Å². The molecule has 0 radical (unpaired) electrons. The van der Waals surface area contributed by atoms with Gasteiger partial charge in [-0.2, -0.15) is 0 Å². The van der Waals surface area contributed by atoms with Gasteiger partial charge < -0.3 is 10.6 Å². The lowest BCUT2D eigenvalue weighted by atomic mass is 9.78. The van der Waals surface area contributed by atoms with E-state index in [1.165, 1.54) is 12.8 Å². The maximum absolute atomic E-state index is 12.2. The molecular formula is C18H28ClN2O+. The predicted molar refractivity (Wildman–Crippen MR) is 90.8 cm³/mol. The molecule has 1 amide bonds. The lowest BCUT2D eigenvalue weighted by Gasteiger charge is -2.34. The first-order valence-electron chi connectivity index (χ1n) is 8.36. The lowest BCUT2D eigenvalue weighted by Crippen LogP contribution is -2.87. The van der Waals surface area contributed by atoms with Gasteiger partial charge in [-0.05, 0) is 31.2 Å². The van der Waals surface area contributed by atoms with Gasteiger partial charge in [0, 0.05) is 16.6 Å². The minimum Gasteiger partial charge on any atom is -0.348 e. The predicted octanol–water partition coefficient (Wildman–Crippen LogP) is 2.91. The van der Waals surface area contributed by atoms with Gasteiger partial charge in [0.15, 0.2) is 6.54 Å². The fourth-order valence-corrected chi connectivity index (χ4v) is 3.61. The molecule has 122 valence electrons. The Kier molecular flexibility index (Phi) is 6.27. The van der Waals surface area contributed by atoms with E-state index >= 15 is 0 Å². The van der Waals surface area contributed by atoms with E-state index in [2.05, 4.69) is 26.1 Å². The molecule has 1 fully saturated rings. The molecule has 22 heavy (non-hydrogen) atoms. The van der Waals surface area contributed by atoms with Crippen molar-refractivity contribution in [3.63, 3.8) is 0 Å². The molecular weight excluding hydrogens is 296 g/mol. The van der Waals surface area contributed by atoms with Gasteiger partial charge >= 0.3 is 0 Å². The normalized spacial score (nSPS) is 26.5. The number of hydrogen-bond donors (Lipinski definition) is 2. The van der Waals surface area contributed by atoms with E-state index in [4.69, 9.17) is 11.6 Å². The second kappa shape index (κ2) is 7.98. The molecule has 0 heterocycles. The molecule has 2 rings (SSSR count).